The number of nitrogens with one attached hydrogen (secondary N) is 1. The van der Waals surface area contributed by atoms with Crippen LogP contribution >= 0.6 is 11.6 Å². The summed E-state index contributed by atoms with van der Waals surface area (Å²) in [5.74, 6) is 0.105. The number of carbonyl (C=O) groups excluding carboxylic acids is 1. The van der Waals surface area contributed by atoms with E-state index in [-0.39, 0.29) is 10.7 Å². The Bertz CT molecular complexity index is 684. The zero-order chi connectivity index (χ0) is 16.3. The molecule has 7 heteroatoms. The second-order valence-corrected chi connectivity index (χ2v) is 4.78. The first kappa shape index (κ1) is 16.2. The van der Waals surface area contributed by atoms with Crippen molar-refractivity contribution in [1.29, 1.82) is 0 Å². The summed E-state index contributed by atoms with van der Waals surface area (Å²) in [7, 11) is 1.50. The van der Waals surface area contributed by atoms with Crippen LogP contribution in [-0.2, 0) is 6.18 Å². The minimum atomic E-state index is -4.48. The third-order valence-corrected chi connectivity index (χ3v) is 3.21. The average Bonchev–Trinajstić information content (AvgIpc) is 2.48. The highest BCUT2D eigenvalue weighted by atomic mass is 35.5. The summed E-state index contributed by atoms with van der Waals surface area (Å²) in [5.41, 5.74) is -0.438. The predicted octanol–water partition coefficient (Wildman–Crippen LogP) is 4.62. The average molecular weight is 330 g/mol. The molecule has 0 unspecified atom stereocenters. The summed E-state index contributed by atoms with van der Waals surface area (Å²) in [6.07, 6.45) is -4.48. The maximum atomic E-state index is 12.5. The molecule has 2 aromatic carbocycles. The summed E-state index contributed by atoms with van der Waals surface area (Å²) in [6, 6.07) is 9.01. The molecule has 1 N–H and O–H groups in total. The second-order valence-electron chi connectivity index (χ2n) is 4.38. The Labute approximate surface area is 129 Å². The maximum Gasteiger partial charge on any atom is 0.416 e. The Hall–Kier alpha value is -2.21. The third kappa shape index (κ3) is 3.71. The largest absolute Gasteiger partial charge is 0.497 e. The van der Waals surface area contributed by atoms with Gasteiger partial charge in [-0.2, -0.15) is 13.2 Å². The molecule has 0 saturated heterocycles. The highest BCUT2D eigenvalue weighted by molar-refractivity contribution is 6.34. The smallest absolute Gasteiger partial charge is 0.416 e. The Morgan fingerprint density at radius 1 is 1.14 bits per heavy atom. The van der Waals surface area contributed by atoms with Crippen LogP contribution in [0.25, 0.3) is 0 Å². The van der Waals surface area contributed by atoms with Gasteiger partial charge in [-0.3, -0.25) is 4.79 Å². The summed E-state index contributed by atoms with van der Waals surface area (Å²) in [4.78, 5) is 12.0. The lowest BCUT2D eigenvalue weighted by atomic mass is 10.1. The summed E-state index contributed by atoms with van der Waals surface area (Å²) in [6.45, 7) is 0. The van der Waals surface area contributed by atoms with E-state index in [0.29, 0.717) is 11.3 Å². The number of halogens is 4. The van der Waals surface area contributed by atoms with Gasteiger partial charge in [0, 0.05) is 5.56 Å². The molecule has 0 atom stereocenters. The van der Waals surface area contributed by atoms with Crippen LogP contribution in [0.2, 0.25) is 5.02 Å². The number of amides is 1. The van der Waals surface area contributed by atoms with Gasteiger partial charge in [-0.15, -0.1) is 0 Å². The van der Waals surface area contributed by atoms with E-state index in [4.69, 9.17) is 16.3 Å². The SMILES string of the molecule is COc1ccc(C(=O)Nc2ccc(C(F)(F)F)cc2Cl)cc1. The van der Waals surface area contributed by atoms with Crippen molar-refractivity contribution in [3.05, 3.63) is 58.6 Å². The van der Waals surface area contributed by atoms with Crippen molar-refractivity contribution in [3.63, 3.8) is 0 Å². The molecule has 0 aliphatic rings. The Morgan fingerprint density at radius 2 is 1.77 bits per heavy atom. The van der Waals surface area contributed by atoms with E-state index in [9.17, 15) is 18.0 Å². The molecule has 2 rings (SSSR count). The van der Waals surface area contributed by atoms with Crippen LogP contribution in [0.3, 0.4) is 0 Å². The first-order valence-electron chi connectivity index (χ1n) is 6.13. The van der Waals surface area contributed by atoms with E-state index >= 15 is 0 Å². The molecule has 0 aliphatic carbocycles. The van der Waals surface area contributed by atoms with Gasteiger partial charge in [-0.1, -0.05) is 11.6 Å². The van der Waals surface area contributed by atoms with Crippen molar-refractivity contribution in [1.82, 2.24) is 0 Å². The normalized spacial score (nSPS) is 11.1. The molecule has 0 spiro atoms. The number of methoxy groups -OCH3 is 1. The van der Waals surface area contributed by atoms with Gasteiger partial charge in [0.15, 0.2) is 0 Å². The van der Waals surface area contributed by atoms with E-state index in [1.807, 2.05) is 0 Å². The Morgan fingerprint density at radius 3 is 2.27 bits per heavy atom. The molecule has 0 bridgehead atoms. The molecule has 0 saturated carbocycles. The van der Waals surface area contributed by atoms with Gasteiger partial charge in [0.2, 0.25) is 0 Å². The molecule has 0 radical (unpaired) electrons. The molecule has 116 valence electrons. The van der Waals surface area contributed by atoms with E-state index in [2.05, 4.69) is 5.32 Å². The van der Waals surface area contributed by atoms with Crippen molar-refractivity contribution in [2.24, 2.45) is 0 Å². The number of rotatable bonds is 3. The number of hydrogen-bond acceptors (Lipinski definition) is 2. The summed E-state index contributed by atoms with van der Waals surface area (Å²) >= 11 is 5.78. The molecule has 0 fully saturated rings. The van der Waals surface area contributed by atoms with E-state index in [1.165, 1.54) is 19.2 Å². The highest BCUT2D eigenvalue weighted by Gasteiger charge is 2.31. The molecule has 0 aromatic heterocycles. The minimum absolute atomic E-state index is 0.107. The van der Waals surface area contributed by atoms with E-state index in [0.717, 1.165) is 18.2 Å². The van der Waals surface area contributed by atoms with Gasteiger partial charge in [0.1, 0.15) is 5.75 Å². The van der Waals surface area contributed by atoms with Crippen LogP contribution < -0.4 is 10.1 Å². The van der Waals surface area contributed by atoms with E-state index in [1.54, 1.807) is 12.1 Å². The molecule has 0 aliphatic heterocycles. The highest BCUT2D eigenvalue weighted by Crippen LogP contribution is 2.33. The fourth-order valence-electron chi connectivity index (χ4n) is 1.73. The lowest BCUT2D eigenvalue weighted by Gasteiger charge is -2.11. The van der Waals surface area contributed by atoms with Gasteiger partial charge in [-0.25, -0.2) is 0 Å². The molecular formula is C15H11ClF3NO2. The number of anilines is 1. The molecular weight excluding hydrogens is 319 g/mol. The lowest BCUT2D eigenvalue weighted by Crippen LogP contribution is -2.13. The maximum absolute atomic E-state index is 12.5. The van der Waals surface area contributed by atoms with Crippen LogP contribution in [0.5, 0.6) is 5.75 Å². The van der Waals surface area contributed by atoms with Gasteiger partial charge in [-0.05, 0) is 42.5 Å². The third-order valence-electron chi connectivity index (χ3n) is 2.90. The van der Waals surface area contributed by atoms with Gasteiger partial charge >= 0.3 is 6.18 Å². The molecule has 1 amide bonds. The fraction of sp³-hybridized carbons (Fsp3) is 0.133. The number of carbonyl (C=O) groups is 1. The molecule has 0 heterocycles. The zero-order valence-corrected chi connectivity index (χ0v) is 12.1. The monoisotopic (exact) mass is 329 g/mol. The van der Waals surface area contributed by atoms with Crippen LogP contribution in [-0.4, -0.2) is 13.0 Å². The van der Waals surface area contributed by atoms with Crippen molar-refractivity contribution < 1.29 is 22.7 Å². The molecule has 2 aromatic rings. The van der Waals surface area contributed by atoms with Crippen LogP contribution in [0, 0.1) is 0 Å². The van der Waals surface area contributed by atoms with Crippen molar-refractivity contribution in [3.8, 4) is 5.75 Å². The molecule has 3 nitrogen and oxygen atoms in total. The minimum Gasteiger partial charge on any atom is -0.497 e. The van der Waals surface area contributed by atoms with Gasteiger partial charge in [0.05, 0.1) is 23.4 Å². The number of hydrogen-bond donors (Lipinski definition) is 1. The first-order valence-corrected chi connectivity index (χ1v) is 6.51. The van der Waals surface area contributed by atoms with Gasteiger partial charge in [0.25, 0.3) is 5.91 Å². The van der Waals surface area contributed by atoms with E-state index < -0.39 is 17.6 Å². The van der Waals surface area contributed by atoms with Crippen molar-refractivity contribution in [2.45, 2.75) is 6.18 Å². The number of benzene rings is 2. The fourth-order valence-corrected chi connectivity index (χ4v) is 1.96. The van der Waals surface area contributed by atoms with Crippen LogP contribution in [0.15, 0.2) is 42.5 Å². The number of alkyl halides is 3. The summed E-state index contributed by atoms with van der Waals surface area (Å²) in [5, 5.41) is 2.28. The van der Waals surface area contributed by atoms with Gasteiger partial charge < -0.3 is 10.1 Å². The first-order chi connectivity index (χ1) is 10.3. The van der Waals surface area contributed by atoms with Crippen LogP contribution in [0.4, 0.5) is 18.9 Å². The zero-order valence-electron chi connectivity index (χ0n) is 11.4. The van der Waals surface area contributed by atoms with Crippen molar-refractivity contribution >= 4 is 23.2 Å². The predicted molar refractivity (Wildman–Crippen MR) is 77.4 cm³/mol. The standard InChI is InChI=1S/C15H11ClF3NO2/c1-22-11-5-2-9(3-6-11)14(21)20-13-7-4-10(8-12(13)16)15(17,18)19/h2-8H,1H3,(H,20,21). The second kappa shape index (κ2) is 6.27. The Kier molecular flexibility index (Phi) is 4.61. The number of ether oxygens (including phenoxy) is 1. The van der Waals surface area contributed by atoms with Crippen LogP contribution in [0.1, 0.15) is 15.9 Å². The molecule has 22 heavy (non-hydrogen) atoms. The Balaban J connectivity index is 2.17. The topological polar surface area (TPSA) is 38.3 Å². The summed E-state index contributed by atoms with van der Waals surface area (Å²) < 4.78 is 42.6. The van der Waals surface area contributed by atoms with Crippen molar-refractivity contribution in [2.75, 3.05) is 12.4 Å². The quantitative estimate of drug-likeness (QED) is 0.892. The lowest BCUT2D eigenvalue weighted by molar-refractivity contribution is -0.137.